The van der Waals surface area contributed by atoms with Crippen molar-refractivity contribution in [3.63, 3.8) is 0 Å². The molecule has 0 spiro atoms. The molecule has 1 saturated heterocycles. The molecule has 0 bridgehead atoms. The van der Waals surface area contributed by atoms with Gasteiger partial charge in [-0.05, 0) is 54.2 Å². The number of ether oxygens (including phenoxy) is 2. The molecule has 1 heterocycles. The average Bonchev–Trinajstić information content (AvgIpc) is 2.76. The van der Waals surface area contributed by atoms with Gasteiger partial charge in [-0.2, -0.15) is 4.31 Å². The Balaban J connectivity index is 1.82. The van der Waals surface area contributed by atoms with Crippen LogP contribution in [0.3, 0.4) is 0 Å². The van der Waals surface area contributed by atoms with Crippen LogP contribution in [0.5, 0.6) is 11.5 Å². The molecular weight excluding hydrogens is 435 g/mol. The molecule has 1 amide bonds. The predicted octanol–water partition coefficient (Wildman–Crippen LogP) is 3.44. The summed E-state index contributed by atoms with van der Waals surface area (Å²) in [5.74, 6) is -0.203. The molecule has 2 atom stereocenters. The lowest BCUT2D eigenvalue weighted by molar-refractivity contribution is 0.0950. The number of methoxy groups -OCH3 is 2. The molecule has 1 aliphatic heterocycles. The van der Waals surface area contributed by atoms with Gasteiger partial charge < -0.3 is 14.8 Å². The maximum Gasteiger partial charge on any atom is 0.251 e. The first kappa shape index (κ1) is 24.0. The normalized spacial score (nSPS) is 19.4. The van der Waals surface area contributed by atoms with Crippen LogP contribution >= 0.6 is 0 Å². The Morgan fingerprint density at radius 2 is 1.69 bits per heavy atom. The predicted molar refractivity (Wildman–Crippen MR) is 119 cm³/mol. The molecule has 9 heteroatoms. The van der Waals surface area contributed by atoms with E-state index in [-0.39, 0.29) is 40.3 Å². The Morgan fingerprint density at radius 1 is 1.06 bits per heavy atom. The fourth-order valence-electron chi connectivity index (χ4n) is 4.06. The lowest BCUT2D eigenvalue weighted by Gasteiger charge is -2.34. The molecule has 0 aromatic heterocycles. The lowest BCUT2D eigenvalue weighted by atomic mass is 9.94. The van der Waals surface area contributed by atoms with E-state index in [1.54, 1.807) is 6.07 Å². The van der Waals surface area contributed by atoms with Crippen molar-refractivity contribution < 1.29 is 27.1 Å². The number of benzene rings is 2. The van der Waals surface area contributed by atoms with Crippen LogP contribution in [0.1, 0.15) is 36.2 Å². The van der Waals surface area contributed by atoms with Crippen LogP contribution in [-0.4, -0.2) is 45.9 Å². The van der Waals surface area contributed by atoms with E-state index in [1.807, 2.05) is 13.8 Å². The molecule has 2 aromatic rings. The van der Waals surface area contributed by atoms with E-state index >= 15 is 0 Å². The summed E-state index contributed by atoms with van der Waals surface area (Å²) in [5.41, 5.74) is 0.728. The zero-order valence-electron chi connectivity index (χ0n) is 18.7. The first-order chi connectivity index (χ1) is 15.1. The second kappa shape index (κ2) is 9.87. The van der Waals surface area contributed by atoms with Gasteiger partial charge >= 0.3 is 0 Å². The second-order valence-electron chi connectivity index (χ2n) is 8.29. The number of carbonyl (C=O) groups excluding carboxylic acids is 1. The third-order valence-electron chi connectivity index (χ3n) is 5.55. The topological polar surface area (TPSA) is 84.9 Å². The maximum atomic E-state index is 13.9. The molecule has 174 valence electrons. The third-order valence-corrected chi connectivity index (χ3v) is 7.40. The van der Waals surface area contributed by atoms with Crippen molar-refractivity contribution in [1.82, 2.24) is 9.62 Å². The summed E-state index contributed by atoms with van der Waals surface area (Å²) in [6, 6.07) is 8.72. The summed E-state index contributed by atoms with van der Waals surface area (Å²) in [7, 11) is -1.07. The number of rotatable bonds is 7. The summed E-state index contributed by atoms with van der Waals surface area (Å²) in [5, 5.41) is 2.69. The molecule has 7 nitrogen and oxygen atoms in total. The lowest BCUT2D eigenvalue weighted by Crippen LogP contribution is -2.42. The van der Waals surface area contributed by atoms with Crippen LogP contribution in [0.15, 0.2) is 41.3 Å². The van der Waals surface area contributed by atoms with Crippen molar-refractivity contribution in [1.29, 1.82) is 0 Å². The minimum Gasteiger partial charge on any atom is -0.495 e. The Morgan fingerprint density at radius 3 is 2.28 bits per heavy atom. The van der Waals surface area contributed by atoms with Crippen LogP contribution < -0.4 is 14.8 Å². The van der Waals surface area contributed by atoms with E-state index in [1.165, 1.54) is 48.9 Å². The summed E-state index contributed by atoms with van der Waals surface area (Å²) in [6.45, 7) is 4.99. The largest absolute Gasteiger partial charge is 0.495 e. The van der Waals surface area contributed by atoms with Crippen molar-refractivity contribution in [2.45, 2.75) is 31.7 Å². The van der Waals surface area contributed by atoms with Gasteiger partial charge in [0.1, 0.15) is 10.6 Å². The van der Waals surface area contributed by atoms with E-state index in [4.69, 9.17) is 9.47 Å². The number of nitrogens with one attached hydrogen (secondary N) is 1. The van der Waals surface area contributed by atoms with Crippen molar-refractivity contribution >= 4 is 15.9 Å². The SMILES string of the molecule is COc1ccc(CNC(=O)c2ccc(OC)c(S(=O)(=O)N3CC(C)CC(C)C3)c2)cc1F. The minimum absolute atomic E-state index is 0.0376. The Labute approximate surface area is 188 Å². The smallest absolute Gasteiger partial charge is 0.251 e. The number of halogens is 1. The van der Waals surface area contributed by atoms with E-state index in [9.17, 15) is 17.6 Å². The van der Waals surface area contributed by atoms with Crippen molar-refractivity contribution in [2.75, 3.05) is 27.3 Å². The van der Waals surface area contributed by atoms with Gasteiger partial charge in [0, 0.05) is 25.2 Å². The van der Waals surface area contributed by atoms with Gasteiger partial charge in [0.15, 0.2) is 11.6 Å². The highest BCUT2D eigenvalue weighted by molar-refractivity contribution is 7.89. The molecular formula is C23H29FN2O5S. The molecule has 2 aromatic carbocycles. The number of hydrogen-bond acceptors (Lipinski definition) is 5. The van der Waals surface area contributed by atoms with Crippen molar-refractivity contribution in [3.8, 4) is 11.5 Å². The summed E-state index contributed by atoms with van der Waals surface area (Å²) in [6.07, 6.45) is 0.970. The molecule has 0 saturated carbocycles. The van der Waals surface area contributed by atoms with E-state index in [0.29, 0.717) is 18.7 Å². The van der Waals surface area contributed by atoms with Crippen LogP contribution in [0.25, 0.3) is 0 Å². The van der Waals surface area contributed by atoms with E-state index < -0.39 is 21.7 Å². The number of sulfonamides is 1. The first-order valence-corrected chi connectivity index (χ1v) is 11.9. The van der Waals surface area contributed by atoms with Gasteiger partial charge in [-0.15, -0.1) is 0 Å². The van der Waals surface area contributed by atoms with Gasteiger partial charge in [0.05, 0.1) is 14.2 Å². The standard InChI is InChI=1S/C23H29FN2O5S/c1-15-9-16(2)14-26(13-15)32(28,29)22-11-18(6-8-21(22)31-4)23(27)25-12-17-5-7-20(30-3)19(24)10-17/h5-8,10-11,15-16H,9,12-14H2,1-4H3,(H,25,27). The number of carbonyl (C=O) groups is 1. The first-order valence-electron chi connectivity index (χ1n) is 10.4. The number of amides is 1. The van der Waals surface area contributed by atoms with Crippen molar-refractivity contribution in [3.05, 3.63) is 53.3 Å². The van der Waals surface area contributed by atoms with E-state index in [2.05, 4.69) is 5.32 Å². The van der Waals surface area contributed by atoms with Gasteiger partial charge in [-0.25, -0.2) is 12.8 Å². The molecule has 32 heavy (non-hydrogen) atoms. The molecule has 0 aliphatic carbocycles. The zero-order valence-corrected chi connectivity index (χ0v) is 19.5. The number of piperidine rings is 1. The number of nitrogens with zero attached hydrogens (tertiary/aromatic N) is 1. The quantitative estimate of drug-likeness (QED) is 0.679. The summed E-state index contributed by atoms with van der Waals surface area (Å²) < 4.78 is 52.3. The fraction of sp³-hybridized carbons (Fsp3) is 0.435. The van der Waals surface area contributed by atoms with Crippen LogP contribution in [0.2, 0.25) is 0 Å². The summed E-state index contributed by atoms with van der Waals surface area (Å²) >= 11 is 0. The monoisotopic (exact) mass is 464 g/mol. The zero-order chi connectivity index (χ0) is 23.5. The molecule has 1 fully saturated rings. The van der Waals surface area contributed by atoms with Gasteiger partial charge in [-0.1, -0.05) is 19.9 Å². The Hall–Kier alpha value is -2.65. The van der Waals surface area contributed by atoms with Crippen molar-refractivity contribution in [2.24, 2.45) is 11.8 Å². The molecule has 0 radical (unpaired) electrons. The Bertz CT molecular complexity index is 1080. The highest BCUT2D eigenvalue weighted by atomic mass is 32.2. The van der Waals surface area contributed by atoms with Crippen LogP contribution in [0.4, 0.5) is 4.39 Å². The minimum atomic E-state index is -3.84. The molecule has 3 rings (SSSR count). The maximum absolute atomic E-state index is 13.9. The summed E-state index contributed by atoms with van der Waals surface area (Å²) in [4.78, 5) is 12.7. The molecule has 1 aliphatic rings. The van der Waals surface area contributed by atoms with Gasteiger partial charge in [0.2, 0.25) is 10.0 Å². The fourth-order valence-corrected chi connectivity index (χ4v) is 5.93. The highest BCUT2D eigenvalue weighted by Gasteiger charge is 2.34. The highest BCUT2D eigenvalue weighted by Crippen LogP contribution is 2.32. The number of hydrogen-bond donors (Lipinski definition) is 1. The third kappa shape index (κ3) is 5.21. The second-order valence-corrected chi connectivity index (χ2v) is 10.2. The van der Waals surface area contributed by atoms with Gasteiger partial charge in [-0.3, -0.25) is 4.79 Å². The van der Waals surface area contributed by atoms with Crippen LogP contribution in [0, 0.1) is 17.7 Å². The molecule has 2 unspecified atom stereocenters. The average molecular weight is 465 g/mol. The Kier molecular flexibility index (Phi) is 7.40. The van der Waals surface area contributed by atoms with Gasteiger partial charge in [0.25, 0.3) is 5.91 Å². The van der Waals surface area contributed by atoms with E-state index in [0.717, 1.165) is 6.42 Å². The molecule has 1 N–H and O–H groups in total. The van der Waals surface area contributed by atoms with Crippen LogP contribution in [-0.2, 0) is 16.6 Å².